The fourth-order valence-electron chi connectivity index (χ4n) is 3.58. The molecule has 4 heterocycles. The van der Waals surface area contributed by atoms with E-state index < -0.39 is 5.54 Å². The molecule has 8 nitrogen and oxygen atoms in total. The Morgan fingerprint density at radius 3 is 2.96 bits per heavy atom. The maximum Gasteiger partial charge on any atom is 0.410 e. The van der Waals surface area contributed by atoms with Crippen LogP contribution in [0, 0.1) is 0 Å². The Balaban J connectivity index is 1.67. The molecule has 0 aliphatic carbocycles. The number of hydrogen-bond acceptors (Lipinski definition) is 5. The number of nitrogens with zero attached hydrogens (tertiary/aromatic N) is 4. The number of aromatic nitrogens is 2. The van der Waals surface area contributed by atoms with E-state index in [-0.39, 0.29) is 29.7 Å². The normalized spacial score (nSPS) is 22.8. The number of fused-ring (bicyclic) bond motifs is 2. The summed E-state index contributed by atoms with van der Waals surface area (Å²) in [6.45, 7) is 3.36. The Bertz CT molecular complexity index is 924. The number of carbonyl (C=O) groups is 2. The number of hydrogen-bond donors (Lipinski definition) is 0. The molecule has 0 aromatic carbocycles. The summed E-state index contributed by atoms with van der Waals surface area (Å²) >= 11 is 0. The van der Waals surface area contributed by atoms with Gasteiger partial charge in [0.15, 0.2) is 0 Å². The summed E-state index contributed by atoms with van der Waals surface area (Å²) in [6.07, 6.45) is 3.27. The van der Waals surface area contributed by atoms with Crippen LogP contribution >= 0.6 is 0 Å². The molecule has 2 aromatic heterocycles. The van der Waals surface area contributed by atoms with Crippen molar-refractivity contribution in [2.45, 2.75) is 18.9 Å². The van der Waals surface area contributed by atoms with Crippen LogP contribution in [0.4, 0.5) is 4.79 Å². The zero-order valence-electron chi connectivity index (χ0n) is 13.8. The molecule has 2 fully saturated rings. The molecule has 1 atom stereocenters. The summed E-state index contributed by atoms with van der Waals surface area (Å²) in [6, 6.07) is 5.21. The van der Waals surface area contributed by atoms with E-state index in [1.54, 1.807) is 34.2 Å². The van der Waals surface area contributed by atoms with E-state index in [0.717, 1.165) is 0 Å². The van der Waals surface area contributed by atoms with Gasteiger partial charge >= 0.3 is 6.09 Å². The maximum absolute atomic E-state index is 12.9. The summed E-state index contributed by atoms with van der Waals surface area (Å²) in [5.74, 6) is -0.359. The molecule has 1 unspecified atom stereocenters. The maximum atomic E-state index is 12.9. The highest BCUT2D eigenvalue weighted by Crippen LogP contribution is 2.32. The van der Waals surface area contributed by atoms with Crippen molar-refractivity contribution < 1.29 is 14.3 Å². The van der Waals surface area contributed by atoms with E-state index in [1.807, 2.05) is 6.92 Å². The van der Waals surface area contributed by atoms with Crippen LogP contribution in [0.25, 0.3) is 5.65 Å². The van der Waals surface area contributed by atoms with Crippen molar-refractivity contribution >= 4 is 17.6 Å². The third kappa shape index (κ3) is 2.28. The molecule has 0 spiro atoms. The van der Waals surface area contributed by atoms with Gasteiger partial charge in [-0.1, -0.05) is 13.0 Å². The topological polar surface area (TPSA) is 84.2 Å². The summed E-state index contributed by atoms with van der Waals surface area (Å²) in [7, 11) is 0. The van der Waals surface area contributed by atoms with Crippen LogP contribution in [-0.2, 0) is 4.74 Å². The van der Waals surface area contributed by atoms with Gasteiger partial charge in [-0.15, -0.1) is 0 Å². The Kier molecular flexibility index (Phi) is 3.48. The second-order valence-corrected chi connectivity index (χ2v) is 6.42. The summed E-state index contributed by atoms with van der Waals surface area (Å²) < 4.78 is 6.54. The van der Waals surface area contributed by atoms with E-state index in [0.29, 0.717) is 31.7 Å². The highest BCUT2D eigenvalue weighted by atomic mass is 16.6. The van der Waals surface area contributed by atoms with Gasteiger partial charge in [-0.05, 0) is 18.6 Å². The number of rotatable bonds is 2. The smallest absolute Gasteiger partial charge is 0.410 e. The molecule has 2 amide bonds. The third-order valence-corrected chi connectivity index (χ3v) is 5.13. The summed E-state index contributed by atoms with van der Waals surface area (Å²) in [5.41, 5.74) is -0.365. The molecule has 0 saturated carbocycles. The van der Waals surface area contributed by atoms with Crippen molar-refractivity contribution in [2.75, 3.05) is 26.2 Å². The molecule has 0 radical (unpaired) electrons. The SMILES string of the molecule is CCC12COC(=O)N1CCN(C(=O)c1cnc3ccccn3c1=O)C2. The standard InChI is InChI=1S/C17H18N4O4/c1-2-17-10-19(7-8-21(17)16(24)25-11-17)14(22)12-9-18-13-5-3-4-6-20(13)15(12)23/h3-6,9H,2,7-8,10-11H2,1H3. The van der Waals surface area contributed by atoms with Crippen molar-refractivity contribution in [1.29, 1.82) is 0 Å². The average Bonchev–Trinajstić information content (AvgIpc) is 2.98. The highest BCUT2D eigenvalue weighted by molar-refractivity contribution is 5.94. The van der Waals surface area contributed by atoms with Gasteiger partial charge in [0.25, 0.3) is 11.5 Å². The predicted octanol–water partition coefficient (Wildman–Crippen LogP) is 0.751. The number of ether oxygens (including phenoxy) is 1. The molecule has 4 rings (SSSR count). The Morgan fingerprint density at radius 2 is 2.16 bits per heavy atom. The molecule has 8 heteroatoms. The van der Waals surface area contributed by atoms with Gasteiger partial charge in [-0.3, -0.25) is 18.9 Å². The quantitative estimate of drug-likeness (QED) is 0.804. The number of piperazine rings is 1. The number of amides is 2. The van der Waals surface area contributed by atoms with Crippen molar-refractivity contribution in [3.63, 3.8) is 0 Å². The average molecular weight is 342 g/mol. The summed E-state index contributed by atoms with van der Waals surface area (Å²) in [5, 5.41) is 0. The lowest BCUT2D eigenvalue weighted by Crippen LogP contribution is -2.62. The second kappa shape index (κ2) is 5.58. The van der Waals surface area contributed by atoms with E-state index in [2.05, 4.69) is 4.98 Å². The van der Waals surface area contributed by atoms with Crippen molar-refractivity contribution in [1.82, 2.24) is 19.2 Å². The molecule has 2 aliphatic rings. The van der Waals surface area contributed by atoms with E-state index in [4.69, 9.17) is 4.74 Å². The molecule has 2 aromatic rings. The lowest BCUT2D eigenvalue weighted by Gasteiger charge is -2.44. The molecule has 0 N–H and O–H groups in total. The van der Waals surface area contributed by atoms with Crippen LogP contribution in [0.2, 0.25) is 0 Å². The minimum atomic E-state index is -0.508. The largest absolute Gasteiger partial charge is 0.447 e. The van der Waals surface area contributed by atoms with Gasteiger partial charge in [-0.25, -0.2) is 9.78 Å². The predicted molar refractivity (Wildman–Crippen MR) is 88.4 cm³/mol. The molecule has 130 valence electrons. The zero-order valence-corrected chi connectivity index (χ0v) is 13.8. The monoisotopic (exact) mass is 342 g/mol. The van der Waals surface area contributed by atoms with Gasteiger partial charge in [0, 0.05) is 32.0 Å². The lowest BCUT2D eigenvalue weighted by atomic mass is 9.92. The Morgan fingerprint density at radius 1 is 1.32 bits per heavy atom. The van der Waals surface area contributed by atoms with Crippen molar-refractivity contribution in [2.24, 2.45) is 0 Å². The molecule has 2 aliphatic heterocycles. The molecule has 0 bridgehead atoms. The van der Waals surface area contributed by atoms with Gasteiger partial charge in [0.1, 0.15) is 17.8 Å². The number of pyridine rings is 1. The van der Waals surface area contributed by atoms with Crippen LogP contribution in [0.1, 0.15) is 23.7 Å². The van der Waals surface area contributed by atoms with Crippen molar-refractivity contribution in [3.8, 4) is 0 Å². The fourth-order valence-corrected chi connectivity index (χ4v) is 3.58. The van der Waals surface area contributed by atoms with Gasteiger partial charge in [0.2, 0.25) is 0 Å². The van der Waals surface area contributed by atoms with Crippen LogP contribution < -0.4 is 5.56 Å². The number of carbonyl (C=O) groups excluding carboxylic acids is 2. The third-order valence-electron chi connectivity index (χ3n) is 5.13. The molecular weight excluding hydrogens is 324 g/mol. The van der Waals surface area contributed by atoms with E-state index in [9.17, 15) is 14.4 Å². The first-order chi connectivity index (χ1) is 12.1. The first-order valence-corrected chi connectivity index (χ1v) is 8.26. The lowest BCUT2D eigenvalue weighted by molar-refractivity contribution is 0.0360. The van der Waals surface area contributed by atoms with Crippen molar-refractivity contribution in [3.05, 3.63) is 46.5 Å². The minimum absolute atomic E-state index is 0.0358. The van der Waals surface area contributed by atoms with Crippen LogP contribution in [-0.4, -0.2) is 63.0 Å². The first kappa shape index (κ1) is 15.6. The first-order valence-electron chi connectivity index (χ1n) is 8.26. The van der Waals surface area contributed by atoms with Gasteiger partial charge in [-0.2, -0.15) is 0 Å². The van der Waals surface area contributed by atoms with E-state index >= 15 is 0 Å². The van der Waals surface area contributed by atoms with E-state index in [1.165, 1.54) is 10.6 Å². The molecule has 2 saturated heterocycles. The zero-order chi connectivity index (χ0) is 17.6. The van der Waals surface area contributed by atoms with Gasteiger partial charge < -0.3 is 9.64 Å². The minimum Gasteiger partial charge on any atom is -0.447 e. The highest BCUT2D eigenvalue weighted by Gasteiger charge is 2.50. The van der Waals surface area contributed by atoms with Crippen LogP contribution in [0.5, 0.6) is 0 Å². The van der Waals surface area contributed by atoms with Gasteiger partial charge in [0.05, 0.1) is 5.54 Å². The number of cyclic esters (lactones) is 1. The van der Waals surface area contributed by atoms with Crippen LogP contribution in [0.15, 0.2) is 35.4 Å². The Labute approximate surface area is 143 Å². The fraction of sp³-hybridized carbons (Fsp3) is 0.412. The molecule has 25 heavy (non-hydrogen) atoms. The van der Waals surface area contributed by atoms with Crippen LogP contribution in [0.3, 0.4) is 0 Å². The second-order valence-electron chi connectivity index (χ2n) is 6.42. The summed E-state index contributed by atoms with van der Waals surface area (Å²) in [4.78, 5) is 44.9. The Hall–Kier alpha value is -2.90. The molecular formula is C17H18N4O4.